The van der Waals surface area contributed by atoms with Crippen LogP contribution in [0.4, 0.5) is 11.6 Å². The summed E-state index contributed by atoms with van der Waals surface area (Å²) in [5.74, 6) is 6.29. The average Bonchev–Trinajstić information content (AvgIpc) is 2.37. The lowest BCUT2D eigenvalue weighted by atomic mass is 10.5. The Hall–Kier alpha value is -1.10. The number of aromatic nitrogens is 2. The molecule has 0 radical (unpaired) electrons. The van der Waals surface area contributed by atoms with Gasteiger partial charge in [-0.25, -0.2) is 28.5 Å². The van der Waals surface area contributed by atoms with Gasteiger partial charge < -0.3 is 10.7 Å². The smallest absolute Gasteiger partial charge is 0.215 e. The summed E-state index contributed by atoms with van der Waals surface area (Å²) < 4.78 is 24.4. The van der Waals surface area contributed by atoms with Gasteiger partial charge in [0.15, 0.2) is 5.16 Å². The number of nitrogens with zero attached hydrogens (tertiary/aromatic N) is 3. The minimum Gasteiger partial charge on any atom is -0.369 e. The molecule has 0 fully saturated rings. The van der Waals surface area contributed by atoms with Gasteiger partial charge in [0.2, 0.25) is 10.0 Å². The van der Waals surface area contributed by atoms with Gasteiger partial charge in [0, 0.05) is 26.7 Å². The Kier molecular flexibility index (Phi) is 5.79. The summed E-state index contributed by atoms with van der Waals surface area (Å²) in [6.45, 7) is 0.259. The van der Waals surface area contributed by atoms with Crippen molar-refractivity contribution < 1.29 is 8.42 Å². The van der Waals surface area contributed by atoms with Crippen LogP contribution in [0.5, 0.6) is 0 Å². The van der Waals surface area contributed by atoms with Crippen molar-refractivity contribution in [3.8, 4) is 0 Å². The van der Waals surface area contributed by atoms with E-state index in [1.807, 2.05) is 6.26 Å². The summed E-state index contributed by atoms with van der Waals surface area (Å²) in [4.78, 5) is 8.31. The van der Waals surface area contributed by atoms with Crippen molar-refractivity contribution in [2.24, 2.45) is 5.84 Å². The number of nitrogens with one attached hydrogen (secondary N) is 2. The highest BCUT2D eigenvalue weighted by Gasteiger charge is 2.13. The van der Waals surface area contributed by atoms with E-state index in [0.717, 1.165) is 0 Å². The molecule has 0 atom stereocenters. The van der Waals surface area contributed by atoms with Crippen LogP contribution in [0, 0.1) is 0 Å². The highest BCUT2D eigenvalue weighted by Crippen LogP contribution is 2.16. The van der Waals surface area contributed by atoms with Gasteiger partial charge in [0.25, 0.3) is 0 Å². The van der Waals surface area contributed by atoms with Crippen LogP contribution < -0.4 is 16.6 Å². The molecule has 4 N–H and O–H groups in total. The Bertz CT molecular complexity index is 497. The molecule has 0 spiro atoms. The molecular formula is C9H18N6O2S2. The summed E-state index contributed by atoms with van der Waals surface area (Å²) in [5.41, 5.74) is 2.44. The van der Waals surface area contributed by atoms with Gasteiger partial charge in [-0.2, -0.15) is 0 Å². The maximum atomic E-state index is 11.6. The number of hydrazine groups is 1. The first-order valence-electron chi connectivity index (χ1n) is 5.43. The predicted octanol–water partition coefficient (Wildman–Crippen LogP) is -0.213. The summed E-state index contributed by atoms with van der Waals surface area (Å²) in [5, 5.41) is 3.49. The first-order chi connectivity index (χ1) is 8.89. The third-order valence-corrected chi connectivity index (χ3v) is 4.64. The van der Waals surface area contributed by atoms with Crippen LogP contribution in [0.2, 0.25) is 0 Å². The van der Waals surface area contributed by atoms with Crippen molar-refractivity contribution in [2.45, 2.75) is 5.16 Å². The molecule has 19 heavy (non-hydrogen) atoms. The lowest BCUT2D eigenvalue weighted by Gasteiger charge is -2.12. The maximum absolute atomic E-state index is 11.6. The molecule has 108 valence electrons. The second-order valence-electron chi connectivity index (χ2n) is 3.79. The van der Waals surface area contributed by atoms with E-state index >= 15 is 0 Å². The van der Waals surface area contributed by atoms with Crippen molar-refractivity contribution in [2.75, 3.05) is 43.4 Å². The van der Waals surface area contributed by atoms with Crippen molar-refractivity contribution >= 4 is 33.4 Å². The summed E-state index contributed by atoms with van der Waals surface area (Å²) in [7, 11) is -0.213. The minimum atomic E-state index is -3.22. The second-order valence-corrected chi connectivity index (χ2v) is 6.87. The Morgan fingerprint density at radius 1 is 1.37 bits per heavy atom. The van der Waals surface area contributed by atoms with Crippen molar-refractivity contribution in [1.29, 1.82) is 0 Å². The Morgan fingerprint density at radius 3 is 2.53 bits per heavy atom. The second kappa shape index (κ2) is 6.89. The van der Waals surface area contributed by atoms with E-state index in [-0.39, 0.29) is 12.3 Å². The van der Waals surface area contributed by atoms with Gasteiger partial charge in [-0.15, -0.1) is 0 Å². The molecule has 1 aromatic rings. The third kappa shape index (κ3) is 4.82. The Labute approximate surface area is 117 Å². The van der Waals surface area contributed by atoms with Crippen LogP contribution >= 0.6 is 11.8 Å². The molecule has 0 aromatic carbocycles. The summed E-state index contributed by atoms with van der Waals surface area (Å²) in [6, 6.07) is 1.61. The number of hydrogen-bond donors (Lipinski definition) is 3. The van der Waals surface area contributed by atoms with E-state index in [9.17, 15) is 8.42 Å². The fraction of sp³-hybridized carbons (Fsp3) is 0.556. The fourth-order valence-corrected chi connectivity index (χ4v) is 2.28. The van der Waals surface area contributed by atoms with Gasteiger partial charge >= 0.3 is 0 Å². The monoisotopic (exact) mass is 306 g/mol. The average molecular weight is 306 g/mol. The highest BCUT2D eigenvalue weighted by atomic mass is 32.2. The van der Waals surface area contributed by atoms with Crippen LogP contribution in [0.25, 0.3) is 0 Å². The zero-order chi connectivity index (χ0) is 14.5. The van der Waals surface area contributed by atoms with Crippen LogP contribution in [-0.2, 0) is 10.0 Å². The van der Waals surface area contributed by atoms with Crippen molar-refractivity contribution in [1.82, 2.24) is 14.3 Å². The molecule has 1 heterocycles. The molecule has 10 heteroatoms. The Morgan fingerprint density at radius 2 is 2.00 bits per heavy atom. The van der Waals surface area contributed by atoms with E-state index < -0.39 is 10.0 Å². The molecule has 8 nitrogen and oxygen atoms in total. The molecule has 0 aliphatic heterocycles. The molecule has 0 amide bonds. The first-order valence-corrected chi connectivity index (χ1v) is 8.26. The van der Waals surface area contributed by atoms with E-state index in [2.05, 4.69) is 20.7 Å². The summed E-state index contributed by atoms with van der Waals surface area (Å²) in [6.07, 6.45) is 1.84. The normalized spacial score (nSPS) is 11.6. The fourth-order valence-electron chi connectivity index (χ4n) is 1.17. The van der Waals surface area contributed by atoms with Crippen LogP contribution in [0.15, 0.2) is 11.2 Å². The van der Waals surface area contributed by atoms with Crippen LogP contribution in [0.3, 0.4) is 0 Å². The van der Waals surface area contributed by atoms with Crippen molar-refractivity contribution in [3.63, 3.8) is 0 Å². The number of hydrogen-bond acceptors (Lipinski definition) is 8. The van der Waals surface area contributed by atoms with Gasteiger partial charge in [0.1, 0.15) is 11.6 Å². The zero-order valence-electron chi connectivity index (χ0n) is 11.0. The van der Waals surface area contributed by atoms with Crippen LogP contribution in [-0.4, -0.2) is 55.3 Å². The van der Waals surface area contributed by atoms with Gasteiger partial charge in [-0.3, -0.25) is 0 Å². The molecule has 0 aliphatic rings. The van der Waals surface area contributed by atoms with E-state index in [0.29, 0.717) is 16.8 Å². The standard InChI is InChI=1S/C9H18N6O2S2/c1-15(2)19(16,17)5-4-11-7-6-8(14-10)13-9(12-7)18-3/h6H,4-5,10H2,1-3H3,(H2,11,12,13,14). The number of sulfonamides is 1. The van der Waals surface area contributed by atoms with Gasteiger partial charge in [-0.1, -0.05) is 11.8 Å². The largest absolute Gasteiger partial charge is 0.369 e. The molecule has 0 aliphatic carbocycles. The zero-order valence-corrected chi connectivity index (χ0v) is 12.7. The SMILES string of the molecule is CSc1nc(NN)cc(NCCS(=O)(=O)N(C)C)n1. The third-order valence-electron chi connectivity index (χ3n) is 2.26. The number of anilines is 2. The number of rotatable bonds is 7. The quantitative estimate of drug-likeness (QED) is 0.274. The highest BCUT2D eigenvalue weighted by molar-refractivity contribution is 7.98. The molecular weight excluding hydrogens is 288 g/mol. The lowest BCUT2D eigenvalue weighted by Crippen LogP contribution is -2.28. The van der Waals surface area contributed by atoms with E-state index in [1.165, 1.54) is 30.2 Å². The number of thioether (sulfide) groups is 1. The van der Waals surface area contributed by atoms with Gasteiger partial charge in [-0.05, 0) is 6.26 Å². The minimum absolute atomic E-state index is 0.00993. The number of nitrogen functional groups attached to an aromatic ring is 1. The molecule has 0 unspecified atom stereocenters. The maximum Gasteiger partial charge on any atom is 0.215 e. The van der Waals surface area contributed by atoms with Crippen molar-refractivity contribution in [3.05, 3.63) is 6.07 Å². The summed E-state index contributed by atoms with van der Waals surface area (Å²) >= 11 is 1.37. The molecule has 1 rings (SSSR count). The topological polar surface area (TPSA) is 113 Å². The van der Waals surface area contributed by atoms with Crippen LogP contribution in [0.1, 0.15) is 0 Å². The molecule has 1 aromatic heterocycles. The lowest BCUT2D eigenvalue weighted by molar-refractivity contribution is 0.521. The number of nitrogens with two attached hydrogens (primary N) is 1. The first kappa shape index (κ1) is 16.0. The van der Waals surface area contributed by atoms with E-state index in [4.69, 9.17) is 5.84 Å². The Balaban J connectivity index is 2.68. The molecule has 0 saturated heterocycles. The predicted molar refractivity (Wildman–Crippen MR) is 77.6 cm³/mol. The molecule has 0 saturated carbocycles. The molecule has 0 bridgehead atoms. The van der Waals surface area contributed by atoms with E-state index in [1.54, 1.807) is 6.07 Å². The van der Waals surface area contributed by atoms with Gasteiger partial charge in [0.05, 0.1) is 5.75 Å².